The molecule has 7 nitrogen and oxygen atoms in total. The molecular weight excluding hydrogens is 344 g/mol. The van der Waals surface area contributed by atoms with Crippen molar-refractivity contribution in [2.75, 3.05) is 26.2 Å². The maximum Gasteiger partial charge on any atom is 0.263 e. The van der Waals surface area contributed by atoms with E-state index in [0.717, 1.165) is 12.8 Å². The van der Waals surface area contributed by atoms with Gasteiger partial charge in [-0.25, -0.2) is 0 Å². The van der Waals surface area contributed by atoms with Crippen LogP contribution in [0.5, 0.6) is 5.75 Å². The van der Waals surface area contributed by atoms with Gasteiger partial charge in [-0.3, -0.25) is 14.5 Å². The lowest BCUT2D eigenvalue weighted by Gasteiger charge is -2.38. The highest BCUT2D eigenvalue weighted by atomic mass is 16.5. The van der Waals surface area contributed by atoms with Crippen molar-refractivity contribution >= 4 is 11.8 Å². The molecule has 1 aliphatic carbocycles. The molecule has 2 fully saturated rings. The summed E-state index contributed by atoms with van der Waals surface area (Å²) >= 11 is 0. The Morgan fingerprint density at radius 2 is 1.78 bits per heavy atom. The Morgan fingerprint density at radius 1 is 1.15 bits per heavy atom. The van der Waals surface area contributed by atoms with Crippen LogP contribution in [0.25, 0.3) is 0 Å². The fraction of sp³-hybridized carbons (Fsp3) is 0.550. The third kappa shape index (κ3) is 4.98. The summed E-state index contributed by atoms with van der Waals surface area (Å²) in [7, 11) is 0. The van der Waals surface area contributed by atoms with Gasteiger partial charge in [0, 0.05) is 32.2 Å². The summed E-state index contributed by atoms with van der Waals surface area (Å²) in [5.41, 5.74) is 0.553. The molecular formula is C20H26N4O3. The molecule has 1 aromatic rings. The highest BCUT2D eigenvalue weighted by Crippen LogP contribution is 2.19. The van der Waals surface area contributed by atoms with Crippen LogP contribution in [0.3, 0.4) is 0 Å². The van der Waals surface area contributed by atoms with Crippen LogP contribution in [-0.4, -0.2) is 66.0 Å². The summed E-state index contributed by atoms with van der Waals surface area (Å²) in [6, 6.07) is 8.97. The first kappa shape index (κ1) is 19.2. The topological polar surface area (TPSA) is 85.7 Å². The third-order valence-corrected chi connectivity index (χ3v) is 5.12. The van der Waals surface area contributed by atoms with Gasteiger partial charge in [0.2, 0.25) is 5.91 Å². The minimum atomic E-state index is -0.597. The number of hydrogen-bond acceptors (Lipinski definition) is 5. The summed E-state index contributed by atoms with van der Waals surface area (Å²) < 4.78 is 5.71. The number of carbonyl (C=O) groups excluding carboxylic acids is 2. The van der Waals surface area contributed by atoms with Crippen molar-refractivity contribution in [2.24, 2.45) is 0 Å². The summed E-state index contributed by atoms with van der Waals surface area (Å²) in [5, 5.41) is 11.9. The van der Waals surface area contributed by atoms with E-state index in [4.69, 9.17) is 10.00 Å². The monoisotopic (exact) mass is 370 g/mol. The zero-order valence-electron chi connectivity index (χ0n) is 15.9. The van der Waals surface area contributed by atoms with Gasteiger partial charge in [-0.15, -0.1) is 0 Å². The van der Waals surface area contributed by atoms with E-state index in [1.165, 1.54) is 0 Å². The predicted octanol–water partition coefficient (Wildman–Crippen LogP) is 1.14. The highest BCUT2D eigenvalue weighted by molar-refractivity contribution is 5.82. The second-order valence-corrected chi connectivity index (χ2v) is 7.22. The van der Waals surface area contributed by atoms with E-state index in [1.54, 1.807) is 36.1 Å². The van der Waals surface area contributed by atoms with Crippen LogP contribution in [0.1, 0.15) is 32.3 Å². The molecule has 0 aromatic heterocycles. The van der Waals surface area contributed by atoms with Crippen LogP contribution < -0.4 is 10.1 Å². The Morgan fingerprint density at radius 3 is 2.33 bits per heavy atom. The molecule has 1 aliphatic heterocycles. The quantitative estimate of drug-likeness (QED) is 0.812. The standard InChI is InChI=1S/C20H26N4O3/c1-14(19(25)22-17-5-6-17)23-9-11-24(12-10-23)20(26)15(2)27-18-7-3-16(13-21)4-8-18/h3-4,7-8,14-15,17H,5-6,9-12H2,1-2H3,(H,22,25). The number of hydrogen-bond donors (Lipinski definition) is 1. The number of rotatable bonds is 6. The number of benzene rings is 1. The molecule has 2 atom stereocenters. The molecule has 1 saturated carbocycles. The summed E-state index contributed by atoms with van der Waals surface area (Å²) in [5.74, 6) is 0.586. The van der Waals surface area contributed by atoms with E-state index in [0.29, 0.717) is 43.5 Å². The molecule has 2 amide bonds. The van der Waals surface area contributed by atoms with Crippen LogP contribution >= 0.6 is 0 Å². The van der Waals surface area contributed by atoms with Gasteiger partial charge in [-0.2, -0.15) is 5.26 Å². The third-order valence-electron chi connectivity index (χ3n) is 5.12. The van der Waals surface area contributed by atoms with Crippen molar-refractivity contribution in [1.82, 2.24) is 15.1 Å². The molecule has 2 aliphatic rings. The van der Waals surface area contributed by atoms with E-state index >= 15 is 0 Å². The van der Waals surface area contributed by atoms with E-state index in [-0.39, 0.29) is 17.9 Å². The molecule has 144 valence electrons. The van der Waals surface area contributed by atoms with Crippen molar-refractivity contribution in [1.29, 1.82) is 5.26 Å². The number of nitrogens with one attached hydrogen (secondary N) is 1. The first-order valence-electron chi connectivity index (χ1n) is 9.48. The number of piperazine rings is 1. The van der Waals surface area contributed by atoms with E-state index < -0.39 is 6.10 Å². The van der Waals surface area contributed by atoms with Gasteiger partial charge in [0.1, 0.15) is 5.75 Å². The maximum atomic E-state index is 12.6. The van der Waals surface area contributed by atoms with Gasteiger partial charge in [-0.1, -0.05) is 0 Å². The Balaban J connectivity index is 1.46. The fourth-order valence-electron chi connectivity index (χ4n) is 3.16. The maximum absolute atomic E-state index is 12.6. The van der Waals surface area contributed by atoms with E-state index in [9.17, 15) is 9.59 Å². The molecule has 7 heteroatoms. The number of ether oxygens (including phenoxy) is 1. The minimum Gasteiger partial charge on any atom is -0.481 e. The van der Waals surface area contributed by atoms with Gasteiger partial charge < -0.3 is 15.0 Å². The molecule has 0 radical (unpaired) electrons. The predicted molar refractivity (Wildman–Crippen MR) is 100 cm³/mol. The lowest BCUT2D eigenvalue weighted by Crippen LogP contribution is -2.56. The van der Waals surface area contributed by atoms with Gasteiger partial charge in [-0.05, 0) is 51.0 Å². The SMILES string of the molecule is CC(Oc1ccc(C#N)cc1)C(=O)N1CCN(C(C)C(=O)NC2CC2)CC1. The van der Waals surface area contributed by atoms with Crippen molar-refractivity contribution < 1.29 is 14.3 Å². The summed E-state index contributed by atoms with van der Waals surface area (Å²) in [4.78, 5) is 28.7. The molecule has 3 rings (SSSR count). The van der Waals surface area contributed by atoms with Crippen molar-refractivity contribution in [2.45, 2.75) is 44.9 Å². The second kappa shape index (κ2) is 8.40. The number of nitrogens with zero attached hydrogens (tertiary/aromatic N) is 3. The number of carbonyl (C=O) groups is 2. The Hall–Kier alpha value is -2.59. The van der Waals surface area contributed by atoms with Gasteiger partial charge in [0.25, 0.3) is 5.91 Å². The molecule has 0 bridgehead atoms. The van der Waals surface area contributed by atoms with Crippen LogP contribution in [0.2, 0.25) is 0 Å². The largest absolute Gasteiger partial charge is 0.481 e. The highest BCUT2D eigenvalue weighted by Gasteiger charge is 2.32. The zero-order chi connectivity index (χ0) is 19.4. The summed E-state index contributed by atoms with van der Waals surface area (Å²) in [6.07, 6.45) is 1.57. The fourth-order valence-corrected chi connectivity index (χ4v) is 3.16. The summed E-state index contributed by atoms with van der Waals surface area (Å²) in [6.45, 7) is 6.18. The Labute approximate surface area is 159 Å². The average Bonchev–Trinajstić information content (AvgIpc) is 3.51. The first-order chi connectivity index (χ1) is 13.0. The zero-order valence-corrected chi connectivity index (χ0v) is 15.9. The van der Waals surface area contributed by atoms with Gasteiger partial charge in [0.15, 0.2) is 6.10 Å². The van der Waals surface area contributed by atoms with Crippen molar-refractivity contribution in [3.05, 3.63) is 29.8 Å². The Bertz CT molecular complexity index is 716. The second-order valence-electron chi connectivity index (χ2n) is 7.22. The molecule has 0 spiro atoms. The molecule has 1 heterocycles. The smallest absolute Gasteiger partial charge is 0.263 e. The van der Waals surface area contributed by atoms with Gasteiger partial charge >= 0.3 is 0 Å². The van der Waals surface area contributed by atoms with Crippen LogP contribution in [0, 0.1) is 11.3 Å². The minimum absolute atomic E-state index is 0.0610. The van der Waals surface area contributed by atoms with E-state index in [2.05, 4.69) is 16.3 Å². The van der Waals surface area contributed by atoms with Crippen molar-refractivity contribution in [3.8, 4) is 11.8 Å². The van der Waals surface area contributed by atoms with Crippen molar-refractivity contribution in [3.63, 3.8) is 0 Å². The lowest BCUT2D eigenvalue weighted by molar-refractivity contribution is -0.140. The molecule has 1 N–H and O–H groups in total. The molecule has 1 aromatic carbocycles. The number of amides is 2. The van der Waals surface area contributed by atoms with Crippen LogP contribution in [-0.2, 0) is 9.59 Å². The van der Waals surface area contributed by atoms with E-state index in [1.807, 2.05) is 6.92 Å². The van der Waals surface area contributed by atoms with Crippen LogP contribution in [0.15, 0.2) is 24.3 Å². The average molecular weight is 370 g/mol. The Kier molecular flexibility index (Phi) is 5.97. The number of nitriles is 1. The lowest BCUT2D eigenvalue weighted by atomic mass is 10.2. The molecule has 27 heavy (non-hydrogen) atoms. The molecule has 2 unspecified atom stereocenters. The normalized spacial score (nSPS) is 19.7. The first-order valence-corrected chi connectivity index (χ1v) is 9.48. The molecule has 1 saturated heterocycles. The van der Waals surface area contributed by atoms with Gasteiger partial charge in [0.05, 0.1) is 17.7 Å². The van der Waals surface area contributed by atoms with Crippen LogP contribution in [0.4, 0.5) is 0 Å².